The van der Waals surface area contributed by atoms with Gasteiger partial charge in [-0.1, -0.05) is 35.5 Å². The van der Waals surface area contributed by atoms with Gasteiger partial charge in [-0.15, -0.1) is 11.3 Å². The summed E-state index contributed by atoms with van der Waals surface area (Å²) < 4.78 is 43.9. The molecule has 0 bridgehead atoms. The molecule has 2 heterocycles. The first-order valence-electron chi connectivity index (χ1n) is 9.21. The van der Waals surface area contributed by atoms with Gasteiger partial charge in [0.15, 0.2) is 6.29 Å². The molecule has 0 aliphatic rings. The number of nitrogens with zero attached hydrogens (tertiary/aromatic N) is 2. The molecule has 14 heteroatoms. The van der Waals surface area contributed by atoms with Crippen LogP contribution >= 0.6 is 11.3 Å². The molecule has 10 nitrogen and oxygen atoms in total. The molecule has 34 heavy (non-hydrogen) atoms. The molecule has 0 radical (unpaired) electrons. The van der Waals surface area contributed by atoms with Crippen LogP contribution in [0.1, 0.15) is 18.2 Å². The molecule has 3 rings (SSSR count). The standard InChI is InChI=1S/C19H22N2O5S2.CH2O3.2Na/c1-13-14(2)20-26-19(13)21(12-25-15(3)24-4)28(22,23)18-11-10-17(27-18)16-8-6-5-7-9-16;2-1(3)4;;/h5-11,15H,12H2,1-4H3;(H2,2,3,4);;/q;;2*+1/p-2. The van der Waals surface area contributed by atoms with Crippen LogP contribution in [-0.2, 0) is 19.5 Å². The van der Waals surface area contributed by atoms with Crippen LogP contribution in [-0.4, -0.2) is 39.9 Å². The Balaban J connectivity index is 0.00000168. The number of hydrogen-bond acceptors (Lipinski definition) is 10. The van der Waals surface area contributed by atoms with E-state index in [-0.39, 0.29) is 75.9 Å². The summed E-state index contributed by atoms with van der Waals surface area (Å²) in [5.74, 6) is 0.135. The molecule has 1 aromatic carbocycles. The van der Waals surface area contributed by atoms with Crippen LogP contribution in [0.5, 0.6) is 0 Å². The summed E-state index contributed by atoms with van der Waals surface area (Å²) in [6.45, 7) is 4.94. The second-order valence-corrected chi connectivity index (χ2v) is 9.56. The molecule has 0 saturated carbocycles. The Labute approximate surface area is 246 Å². The van der Waals surface area contributed by atoms with Gasteiger partial charge in [0.2, 0.25) is 5.88 Å². The predicted molar refractivity (Wildman–Crippen MR) is 113 cm³/mol. The van der Waals surface area contributed by atoms with Gasteiger partial charge >= 0.3 is 59.1 Å². The number of thiophene rings is 1. The van der Waals surface area contributed by atoms with Gasteiger partial charge in [0.1, 0.15) is 10.9 Å². The van der Waals surface area contributed by atoms with E-state index in [1.54, 1.807) is 32.9 Å². The number of sulfonamides is 1. The first-order valence-corrected chi connectivity index (χ1v) is 11.5. The van der Waals surface area contributed by atoms with Crippen molar-refractivity contribution in [2.45, 2.75) is 31.3 Å². The number of carbonyl (C=O) groups excluding carboxylic acids is 1. The van der Waals surface area contributed by atoms with Gasteiger partial charge in [-0.2, -0.15) is 0 Å². The fourth-order valence-electron chi connectivity index (χ4n) is 2.44. The van der Waals surface area contributed by atoms with Crippen molar-refractivity contribution in [1.82, 2.24) is 5.16 Å². The van der Waals surface area contributed by atoms with E-state index in [1.807, 2.05) is 30.3 Å². The Morgan fingerprint density at radius 1 is 1.15 bits per heavy atom. The van der Waals surface area contributed by atoms with Crippen molar-refractivity contribution >= 4 is 33.4 Å². The zero-order chi connectivity index (χ0) is 23.9. The molecule has 0 fully saturated rings. The molecule has 3 aromatic rings. The van der Waals surface area contributed by atoms with E-state index < -0.39 is 22.5 Å². The normalized spacial score (nSPS) is 11.3. The van der Waals surface area contributed by atoms with Gasteiger partial charge in [0.25, 0.3) is 10.0 Å². The minimum atomic E-state index is -3.92. The predicted octanol–water partition coefficient (Wildman–Crippen LogP) is -4.26. The first-order chi connectivity index (χ1) is 15.1. The van der Waals surface area contributed by atoms with Crippen LogP contribution in [0.4, 0.5) is 10.7 Å². The van der Waals surface area contributed by atoms with Gasteiger partial charge in [0, 0.05) is 17.6 Å². The number of aryl methyl sites for hydroxylation is 1. The fourth-order valence-corrected chi connectivity index (χ4v) is 5.19. The van der Waals surface area contributed by atoms with E-state index >= 15 is 0 Å². The molecule has 0 aliphatic carbocycles. The molecule has 0 aliphatic heterocycles. The Morgan fingerprint density at radius 3 is 2.24 bits per heavy atom. The van der Waals surface area contributed by atoms with E-state index in [0.717, 1.165) is 14.7 Å². The third-order valence-corrected chi connectivity index (χ3v) is 7.61. The number of carbonyl (C=O) groups is 1. The van der Waals surface area contributed by atoms with Gasteiger partial charge in [0.05, 0.1) is 5.69 Å². The van der Waals surface area contributed by atoms with Crippen LogP contribution in [0.25, 0.3) is 10.4 Å². The van der Waals surface area contributed by atoms with Crippen molar-refractivity contribution in [3.05, 3.63) is 53.7 Å². The summed E-state index contributed by atoms with van der Waals surface area (Å²) in [5, 5.41) is 20.5. The molecule has 0 spiro atoms. The summed E-state index contributed by atoms with van der Waals surface area (Å²) >= 11 is 1.19. The molecule has 2 aromatic heterocycles. The Kier molecular flexibility index (Phi) is 14.8. The van der Waals surface area contributed by atoms with Crippen LogP contribution in [0.2, 0.25) is 0 Å². The zero-order valence-electron chi connectivity index (χ0n) is 19.8. The maximum Gasteiger partial charge on any atom is 1.00 e. The number of ether oxygens (including phenoxy) is 2. The van der Waals surface area contributed by atoms with E-state index in [0.29, 0.717) is 11.3 Å². The zero-order valence-corrected chi connectivity index (χ0v) is 25.4. The second kappa shape index (κ2) is 15.2. The van der Waals surface area contributed by atoms with Gasteiger partial charge in [-0.3, -0.25) is 0 Å². The van der Waals surface area contributed by atoms with Crippen molar-refractivity contribution in [2.75, 3.05) is 18.1 Å². The molecule has 0 amide bonds. The second-order valence-electron chi connectivity index (χ2n) is 6.39. The summed E-state index contributed by atoms with van der Waals surface area (Å²) in [6.07, 6.45) is -2.91. The van der Waals surface area contributed by atoms with Gasteiger partial charge in [-0.05, 0) is 44.6 Å². The number of anilines is 1. The molecule has 174 valence electrons. The smallest absolute Gasteiger partial charge is 0.652 e. The van der Waals surface area contributed by atoms with Crippen molar-refractivity contribution in [3.63, 3.8) is 0 Å². The summed E-state index contributed by atoms with van der Waals surface area (Å²) in [4.78, 5) is 9.19. The summed E-state index contributed by atoms with van der Waals surface area (Å²) in [5.41, 5.74) is 2.21. The van der Waals surface area contributed by atoms with Crippen LogP contribution in [0, 0.1) is 13.8 Å². The average Bonchev–Trinajstić information content (AvgIpc) is 3.37. The first kappa shape index (κ1) is 33.1. The number of rotatable bonds is 8. The molecular formula is C20H22N2Na2O8S2. The molecular weight excluding hydrogens is 506 g/mol. The van der Waals surface area contributed by atoms with E-state index in [1.165, 1.54) is 18.4 Å². The van der Waals surface area contributed by atoms with E-state index in [2.05, 4.69) is 5.16 Å². The van der Waals surface area contributed by atoms with Crippen molar-refractivity contribution in [1.29, 1.82) is 0 Å². The summed E-state index contributed by atoms with van der Waals surface area (Å²) in [6, 6.07) is 13.0. The number of hydrogen-bond donors (Lipinski definition) is 0. The number of methoxy groups -OCH3 is 1. The van der Waals surface area contributed by atoms with Crippen molar-refractivity contribution in [2.24, 2.45) is 0 Å². The van der Waals surface area contributed by atoms with E-state index in [9.17, 15) is 8.42 Å². The number of carboxylic acid groups (broad SMARTS) is 2. The van der Waals surface area contributed by atoms with Gasteiger partial charge < -0.3 is 29.0 Å². The maximum atomic E-state index is 13.4. The van der Waals surface area contributed by atoms with Crippen molar-refractivity contribution < 1.29 is 96.5 Å². The monoisotopic (exact) mass is 528 g/mol. The third-order valence-electron chi connectivity index (χ3n) is 4.30. The minimum absolute atomic E-state index is 0. The quantitative estimate of drug-likeness (QED) is 0.210. The van der Waals surface area contributed by atoms with Gasteiger partial charge in [-0.25, -0.2) is 12.7 Å². The average molecular weight is 529 g/mol. The Bertz CT molecular complexity index is 1130. The van der Waals surface area contributed by atoms with E-state index in [4.69, 9.17) is 29.0 Å². The molecule has 1 atom stereocenters. The Hall–Kier alpha value is -0.930. The minimum Gasteiger partial charge on any atom is -0.652 e. The number of benzene rings is 1. The Morgan fingerprint density at radius 2 is 1.74 bits per heavy atom. The fraction of sp³-hybridized carbons (Fsp3) is 0.300. The number of aromatic nitrogens is 1. The largest absolute Gasteiger partial charge is 1.00 e. The van der Waals surface area contributed by atoms with Crippen LogP contribution < -0.4 is 73.6 Å². The third kappa shape index (κ3) is 8.94. The summed E-state index contributed by atoms with van der Waals surface area (Å²) in [7, 11) is -2.43. The van der Waals surface area contributed by atoms with Crippen molar-refractivity contribution in [3.8, 4) is 10.4 Å². The molecule has 1 unspecified atom stereocenters. The maximum absolute atomic E-state index is 13.4. The SMILES string of the molecule is COC(C)OCN(c1onc(C)c1C)S(=O)(=O)c1ccc(-c2ccccc2)s1.O=C([O-])[O-].[Na+].[Na+]. The topological polar surface area (TPSA) is 145 Å². The van der Waals surface area contributed by atoms with Crippen LogP contribution in [0.15, 0.2) is 51.2 Å². The van der Waals surface area contributed by atoms with Crippen LogP contribution in [0.3, 0.4) is 0 Å². The molecule has 0 saturated heterocycles. The molecule has 0 N–H and O–H groups in total.